The van der Waals surface area contributed by atoms with Gasteiger partial charge in [0, 0.05) is 36.2 Å². The Bertz CT molecular complexity index is 833. The number of carbonyl (C=O) groups excluding carboxylic acids is 1. The monoisotopic (exact) mass is 354 g/mol. The number of hydrogen-bond donors (Lipinski definition) is 1. The van der Waals surface area contributed by atoms with Crippen molar-refractivity contribution in [2.75, 3.05) is 6.54 Å². The fourth-order valence-corrected chi connectivity index (χ4v) is 3.50. The Hall–Kier alpha value is -3.22. The van der Waals surface area contributed by atoms with Crippen molar-refractivity contribution in [3.8, 4) is 0 Å². The molecule has 0 aliphatic carbocycles. The van der Waals surface area contributed by atoms with E-state index in [1.807, 2.05) is 37.3 Å². The van der Waals surface area contributed by atoms with Crippen LogP contribution in [0.25, 0.3) is 0 Å². The van der Waals surface area contributed by atoms with Crippen LogP contribution in [0.1, 0.15) is 45.5 Å². The number of likely N-dealkylation sites (tertiary alicyclic amines) is 1. The number of rotatable bonds is 4. The van der Waals surface area contributed by atoms with Gasteiger partial charge in [-0.3, -0.25) is 14.9 Å². The zero-order valence-corrected chi connectivity index (χ0v) is 14.2. The average Bonchev–Trinajstić information content (AvgIpc) is 3.02. The molecule has 2 atom stereocenters. The molecule has 0 radical (unpaired) electrons. The Morgan fingerprint density at radius 3 is 2.42 bits per heavy atom. The van der Waals surface area contributed by atoms with Crippen LogP contribution in [0.2, 0.25) is 0 Å². The molecule has 0 saturated carbocycles. The van der Waals surface area contributed by atoms with Crippen LogP contribution in [-0.4, -0.2) is 39.4 Å². The van der Waals surface area contributed by atoms with E-state index in [4.69, 9.17) is 5.11 Å². The van der Waals surface area contributed by atoms with Crippen LogP contribution in [0, 0.1) is 10.1 Å². The smallest absolute Gasteiger partial charge is 0.335 e. The van der Waals surface area contributed by atoms with Crippen LogP contribution in [0.15, 0.2) is 48.5 Å². The number of nitro benzene ring substituents is 1. The van der Waals surface area contributed by atoms with Crippen molar-refractivity contribution >= 4 is 17.6 Å². The third-order valence-electron chi connectivity index (χ3n) is 4.87. The van der Waals surface area contributed by atoms with Gasteiger partial charge >= 0.3 is 5.97 Å². The number of nitro groups is 1. The number of amides is 1. The van der Waals surface area contributed by atoms with E-state index in [0.717, 1.165) is 24.1 Å². The second kappa shape index (κ2) is 6.95. The molecule has 1 amide bonds. The van der Waals surface area contributed by atoms with E-state index in [1.165, 1.54) is 6.07 Å². The zero-order chi connectivity index (χ0) is 18.8. The van der Waals surface area contributed by atoms with Crippen molar-refractivity contribution < 1.29 is 19.6 Å². The molecule has 1 heterocycles. The number of benzene rings is 2. The van der Waals surface area contributed by atoms with Crippen molar-refractivity contribution in [3.63, 3.8) is 0 Å². The van der Waals surface area contributed by atoms with Gasteiger partial charge in [-0.2, -0.15) is 0 Å². The van der Waals surface area contributed by atoms with E-state index in [9.17, 15) is 19.7 Å². The molecule has 0 bridgehead atoms. The SMILES string of the molecule is CC1C(c2ccccc2)CCN1C(=O)c1cc(C(=O)O)cc([N+](=O)[O-])c1. The number of carboxylic acid groups (broad SMARTS) is 1. The molecular formula is C19H18N2O5. The molecule has 2 aromatic rings. The molecule has 1 fully saturated rings. The van der Waals surface area contributed by atoms with Gasteiger partial charge in [-0.05, 0) is 25.0 Å². The summed E-state index contributed by atoms with van der Waals surface area (Å²) in [6.07, 6.45) is 0.789. The third-order valence-corrected chi connectivity index (χ3v) is 4.87. The highest BCUT2D eigenvalue weighted by Crippen LogP contribution is 2.34. The van der Waals surface area contributed by atoms with Gasteiger partial charge in [0.2, 0.25) is 0 Å². The lowest BCUT2D eigenvalue weighted by atomic mass is 9.93. The summed E-state index contributed by atoms with van der Waals surface area (Å²) >= 11 is 0. The summed E-state index contributed by atoms with van der Waals surface area (Å²) in [6.45, 7) is 2.46. The normalized spacial score (nSPS) is 19.3. The average molecular weight is 354 g/mol. The highest BCUT2D eigenvalue weighted by Gasteiger charge is 2.35. The minimum absolute atomic E-state index is 0.0251. The summed E-state index contributed by atoms with van der Waals surface area (Å²) in [5.41, 5.74) is 0.492. The van der Waals surface area contributed by atoms with Gasteiger partial charge in [-0.1, -0.05) is 30.3 Å². The molecule has 26 heavy (non-hydrogen) atoms. The van der Waals surface area contributed by atoms with Crippen molar-refractivity contribution in [2.45, 2.75) is 25.3 Å². The predicted octanol–water partition coefficient (Wildman–Crippen LogP) is 3.31. The number of non-ortho nitro benzene ring substituents is 1. The quantitative estimate of drug-likeness (QED) is 0.670. The summed E-state index contributed by atoms with van der Waals surface area (Å²) in [7, 11) is 0. The van der Waals surface area contributed by atoms with Crippen molar-refractivity contribution in [3.05, 3.63) is 75.3 Å². The second-order valence-electron chi connectivity index (χ2n) is 6.38. The summed E-state index contributed by atoms with van der Waals surface area (Å²) in [6, 6.07) is 13.1. The molecule has 7 nitrogen and oxygen atoms in total. The number of hydrogen-bond acceptors (Lipinski definition) is 4. The number of nitrogens with zero attached hydrogens (tertiary/aromatic N) is 2. The van der Waals surface area contributed by atoms with E-state index >= 15 is 0 Å². The minimum atomic E-state index is -1.31. The molecule has 1 aliphatic rings. The molecule has 2 aromatic carbocycles. The number of carboxylic acids is 1. The largest absolute Gasteiger partial charge is 0.478 e. The Kier molecular flexibility index (Phi) is 4.71. The van der Waals surface area contributed by atoms with Crippen LogP contribution < -0.4 is 0 Å². The lowest BCUT2D eigenvalue weighted by Gasteiger charge is -2.25. The molecule has 2 unspecified atom stereocenters. The van der Waals surface area contributed by atoms with Gasteiger partial charge in [0.15, 0.2) is 0 Å². The predicted molar refractivity (Wildman–Crippen MR) is 94.4 cm³/mol. The fraction of sp³-hybridized carbons (Fsp3) is 0.263. The molecule has 0 spiro atoms. The molecule has 0 aromatic heterocycles. The summed E-state index contributed by atoms with van der Waals surface area (Å²) in [4.78, 5) is 36.1. The maximum absolute atomic E-state index is 12.9. The lowest BCUT2D eigenvalue weighted by molar-refractivity contribution is -0.384. The second-order valence-corrected chi connectivity index (χ2v) is 6.38. The molecule has 1 aliphatic heterocycles. The molecule has 7 heteroatoms. The zero-order valence-electron chi connectivity index (χ0n) is 14.2. The first-order valence-electron chi connectivity index (χ1n) is 8.27. The highest BCUT2D eigenvalue weighted by molar-refractivity contribution is 5.98. The van der Waals surface area contributed by atoms with E-state index in [0.29, 0.717) is 6.54 Å². The van der Waals surface area contributed by atoms with Gasteiger partial charge in [-0.25, -0.2) is 4.79 Å². The summed E-state index contributed by atoms with van der Waals surface area (Å²) in [5, 5.41) is 20.2. The standard InChI is InChI=1S/C19H18N2O5/c1-12-17(13-5-3-2-4-6-13)7-8-20(12)18(22)14-9-15(19(23)24)11-16(10-14)21(25)26/h2-6,9-12,17H,7-8H2,1H3,(H,23,24). The molecule has 3 rings (SSSR count). The van der Waals surface area contributed by atoms with Crippen molar-refractivity contribution in [2.24, 2.45) is 0 Å². The number of carbonyl (C=O) groups is 2. The number of aromatic carboxylic acids is 1. The first-order valence-corrected chi connectivity index (χ1v) is 8.27. The Morgan fingerprint density at radius 2 is 1.81 bits per heavy atom. The van der Waals surface area contributed by atoms with Crippen LogP contribution >= 0.6 is 0 Å². The third kappa shape index (κ3) is 3.28. The van der Waals surface area contributed by atoms with Crippen LogP contribution in [0.5, 0.6) is 0 Å². The Balaban J connectivity index is 1.90. The van der Waals surface area contributed by atoms with E-state index in [-0.39, 0.29) is 29.0 Å². The molecule has 1 saturated heterocycles. The van der Waals surface area contributed by atoms with Gasteiger partial charge < -0.3 is 10.0 Å². The summed E-state index contributed by atoms with van der Waals surface area (Å²) in [5.74, 6) is -1.51. The van der Waals surface area contributed by atoms with Gasteiger partial charge in [-0.15, -0.1) is 0 Å². The highest BCUT2D eigenvalue weighted by atomic mass is 16.6. The maximum Gasteiger partial charge on any atom is 0.335 e. The summed E-state index contributed by atoms with van der Waals surface area (Å²) < 4.78 is 0. The van der Waals surface area contributed by atoms with E-state index in [2.05, 4.69) is 0 Å². The molecule has 1 N–H and O–H groups in total. The van der Waals surface area contributed by atoms with Crippen molar-refractivity contribution in [1.82, 2.24) is 4.90 Å². The fourth-order valence-electron chi connectivity index (χ4n) is 3.50. The minimum Gasteiger partial charge on any atom is -0.478 e. The van der Waals surface area contributed by atoms with Crippen LogP contribution in [-0.2, 0) is 0 Å². The maximum atomic E-state index is 12.9. The Morgan fingerprint density at radius 1 is 1.15 bits per heavy atom. The van der Waals surface area contributed by atoms with E-state index in [1.54, 1.807) is 4.90 Å². The van der Waals surface area contributed by atoms with Crippen LogP contribution in [0.3, 0.4) is 0 Å². The molecular weight excluding hydrogens is 336 g/mol. The van der Waals surface area contributed by atoms with Gasteiger partial charge in [0.25, 0.3) is 11.6 Å². The Labute approximate surface area is 150 Å². The lowest BCUT2D eigenvalue weighted by Crippen LogP contribution is -2.35. The topological polar surface area (TPSA) is 101 Å². The first kappa shape index (κ1) is 17.6. The van der Waals surface area contributed by atoms with Crippen molar-refractivity contribution in [1.29, 1.82) is 0 Å². The van der Waals surface area contributed by atoms with Crippen LogP contribution in [0.4, 0.5) is 5.69 Å². The van der Waals surface area contributed by atoms with E-state index < -0.39 is 16.6 Å². The molecule has 134 valence electrons. The van der Waals surface area contributed by atoms with Gasteiger partial charge in [0.1, 0.15) is 0 Å². The first-order chi connectivity index (χ1) is 12.4. The van der Waals surface area contributed by atoms with Gasteiger partial charge in [0.05, 0.1) is 10.5 Å².